The highest BCUT2D eigenvalue weighted by Gasteiger charge is 2.24. The number of primary amides is 1. The third-order valence-corrected chi connectivity index (χ3v) is 1.94. The summed E-state index contributed by atoms with van der Waals surface area (Å²) in [6, 6.07) is -1.46. The lowest BCUT2D eigenvalue weighted by molar-refractivity contribution is -0.118. The molecule has 88 valence electrons. The molecule has 0 aliphatic heterocycles. The Balaban J connectivity index is 3.26. The van der Waals surface area contributed by atoms with Crippen molar-refractivity contribution in [2.24, 2.45) is 11.5 Å². The van der Waals surface area contributed by atoms with Crippen molar-refractivity contribution in [3.63, 3.8) is 0 Å². The van der Waals surface area contributed by atoms with Gasteiger partial charge in [0.05, 0.1) is 0 Å². The molecule has 1 aromatic carbocycles. The number of halogens is 4. The minimum atomic E-state index is -1.62. The molecule has 0 fully saturated rings. The molecule has 1 unspecified atom stereocenters. The van der Waals surface area contributed by atoms with Crippen LogP contribution >= 0.6 is 0 Å². The SMILES string of the molecule is NC(=O)CC(N)c1c(F)c(F)cc(F)c1F. The summed E-state index contributed by atoms with van der Waals surface area (Å²) in [4.78, 5) is 10.5. The molecule has 1 amide bonds. The van der Waals surface area contributed by atoms with Crippen molar-refractivity contribution in [2.75, 3.05) is 0 Å². The lowest BCUT2D eigenvalue weighted by Crippen LogP contribution is -2.23. The lowest BCUT2D eigenvalue weighted by atomic mass is 10.0. The molecule has 0 saturated heterocycles. The van der Waals surface area contributed by atoms with Crippen LogP contribution in [0.25, 0.3) is 0 Å². The van der Waals surface area contributed by atoms with Crippen LogP contribution in [0.5, 0.6) is 0 Å². The molecular weight excluding hydrogens is 228 g/mol. The summed E-state index contributed by atoms with van der Waals surface area (Å²) in [7, 11) is 0. The molecule has 0 heterocycles. The van der Waals surface area contributed by atoms with E-state index in [4.69, 9.17) is 11.5 Å². The van der Waals surface area contributed by atoms with Crippen LogP contribution in [0.3, 0.4) is 0 Å². The molecule has 1 atom stereocenters. The zero-order valence-electron chi connectivity index (χ0n) is 7.94. The molecule has 3 nitrogen and oxygen atoms in total. The first-order chi connectivity index (χ1) is 7.34. The molecule has 0 bridgehead atoms. The fourth-order valence-corrected chi connectivity index (χ4v) is 1.24. The molecule has 1 aromatic rings. The topological polar surface area (TPSA) is 69.1 Å². The molecule has 0 radical (unpaired) electrons. The summed E-state index contributed by atoms with van der Waals surface area (Å²) in [5.41, 5.74) is 8.96. The third kappa shape index (κ3) is 2.30. The third-order valence-electron chi connectivity index (χ3n) is 1.94. The van der Waals surface area contributed by atoms with Gasteiger partial charge in [0.1, 0.15) is 0 Å². The highest BCUT2D eigenvalue weighted by Crippen LogP contribution is 2.25. The van der Waals surface area contributed by atoms with E-state index in [2.05, 4.69) is 0 Å². The van der Waals surface area contributed by atoms with Gasteiger partial charge in [0.15, 0.2) is 23.3 Å². The number of carbonyl (C=O) groups excluding carboxylic acids is 1. The van der Waals surface area contributed by atoms with Gasteiger partial charge in [0.25, 0.3) is 0 Å². The van der Waals surface area contributed by atoms with Crippen LogP contribution in [0.4, 0.5) is 17.6 Å². The number of benzene rings is 1. The molecule has 0 aliphatic rings. The molecule has 0 aromatic heterocycles. The maximum absolute atomic E-state index is 13.1. The average molecular weight is 236 g/mol. The van der Waals surface area contributed by atoms with E-state index < -0.39 is 47.2 Å². The quantitative estimate of drug-likeness (QED) is 0.609. The second-order valence-corrected chi connectivity index (χ2v) is 3.16. The monoisotopic (exact) mass is 236 g/mol. The Hall–Kier alpha value is -1.63. The molecule has 0 spiro atoms. The molecule has 0 aliphatic carbocycles. The molecule has 1 rings (SSSR count). The van der Waals surface area contributed by atoms with Gasteiger partial charge in [-0.1, -0.05) is 0 Å². The first-order valence-corrected chi connectivity index (χ1v) is 4.21. The Morgan fingerprint density at radius 3 is 2.00 bits per heavy atom. The lowest BCUT2D eigenvalue weighted by Gasteiger charge is -2.12. The molecule has 7 heteroatoms. The Morgan fingerprint density at radius 2 is 1.62 bits per heavy atom. The second kappa shape index (κ2) is 4.48. The van der Waals surface area contributed by atoms with Gasteiger partial charge in [-0.15, -0.1) is 0 Å². The predicted molar refractivity (Wildman–Crippen MR) is 47.0 cm³/mol. The summed E-state index contributed by atoms with van der Waals surface area (Å²) in [6.07, 6.45) is -0.614. The van der Waals surface area contributed by atoms with E-state index in [1.54, 1.807) is 0 Å². The van der Waals surface area contributed by atoms with Crippen molar-refractivity contribution in [2.45, 2.75) is 12.5 Å². The zero-order chi connectivity index (χ0) is 12.5. The van der Waals surface area contributed by atoms with Crippen molar-refractivity contribution in [1.82, 2.24) is 0 Å². The van der Waals surface area contributed by atoms with Gasteiger partial charge in [-0.25, -0.2) is 17.6 Å². The highest BCUT2D eigenvalue weighted by molar-refractivity contribution is 5.74. The molecule has 4 N–H and O–H groups in total. The summed E-state index contributed by atoms with van der Waals surface area (Å²) in [5.74, 6) is -7.32. The largest absolute Gasteiger partial charge is 0.370 e. The number of carbonyl (C=O) groups is 1. The van der Waals surface area contributed by atoms with Gasteiger partial charge >= 0.3 is 0 Å². The molecule has 0 saturated carbocycles. The van der Waals surface area contributed by atoms with E-state index >= 15 is 0 Å². The average Bonchev–Trinajstić information content (AvgIpc) is 2.14. The number of nitrogens with two attached hydrogens (primary N) is 2. The number of hydrogen-bond acceptors (Lipinski definition) is 2. The van der Waals surface area contributed by atoms with Gasteiger partial charge in [0.2, 0.25) is 5.91 Å². The summed E-state index contributed by atoms with van der Waals surface area (Å²) in [5, 5.41) is 0. The highest BCUT2D eigenvalue weighted by atomic mass is 19.2. The number of amides is 1. The fourth-order valence-electron chi connectivity index (χ4n) is 1.24. The summed E-state index contributed by atoms with van der Waals surface area (Å²) < 4.78 is 51.8. The van der Waals surface area contributed by atoms with Crippen molar-refractivity contribution < 1.29 is 22.4 Å². The first-order valence-electron chi connectivity index (χ1n) is 4.21. The van der Waals surface area contributed by atoms with E-state index in [-0.39, 0.29) is 6.07 Å². The minimum absolute atomic E-state index is 0.0607. The van der Waals surface area contributed by atoms with E-state index in [1.807, 2.05) is 0 Å². The summed E-state index contributed by atoms with van der Waals surface area (Å²) in [6.45, 7) is 0. The van der Waals surface area contributed by atoms with Gasteiger partial charge in [-0.2, -0.15) is 0 Å². The number of hydrogen-bond donors (Lipinski definition) is 2. The van der Waals surface area contributed by atoms with Gasteiger partial charge in [-0.05, 0) is 0 Å². The van der Waals surface area contributed by atoms with Crippen LogP contribution in [0.1, 0.15) is 18.0 Å². The first kappa shape index (κ1) is 12.4. The van der Waals surface area contributed by atoms with Gasteiger partial charge in [0, 0.05) is 24.1 Å². The Bertz CT molecular complexity index is 410. The van der Waals surface area contributed by atoms with Crippen molar-refractivity contribution in [1.29, 1.82) is 0 Å². The van der Waals surface area contributed by atoms with Crippen LogP contribution in [0.2, 0.25) is 0 Å². The summed E-state index contributed by atoms with van der Waals surface area (Å²) >= 11 is 0. The zero-order valence-corrected chi connectivity index (χ0v) is 7.94. The number of rotatable bonds is 3. The fraction of sp³-hybridized carbons (Fsp3) is 0.222. The van der Waals surface area contributed by atoms with E-state index in [0.717, 1.165) is 0 Å². The Kier molecular flexibility index (Phi) is 3.48. The van der Waals surface area contributed by atoms with Crippen LogP contribution < -0.4 is 11.5 Å². The van der Waals surface area contributed by atoms with E-state index in [9.17, 15) is 22.4 Å². The van der Waals surface area contributed by atoms with Crippen LogP contribution in [-0.2, 0) is 4.79 Å². The maximum atomic E-state index is 13.1. The standard InChI is InChI=1S/C9H8F4N2O/c10-3-1-4(11)9(13)7(8(3)12)5(14)2-6(15)16/h1,5H,2,14H2,(H2,15,16). The Labute approximate surface area is 88.0 Å². The molecular formula is C9H8F4N2O. The van der Waals surface area contributed by atoms with Gasteiger partial charge in [-0.3, -0.25) is 4.79 Å². The second-order valence-electron chi connectivity index (χ2n) is 3.16. The van der Waals surface area contributed by atoms with Gasteiger partial charge < -0.3 is 11.5 Å². The van der Waals surface area contributed by atoms with Crippen molar-refractivity contribution >= 4 is 5.91 Å². The van der Waals surface area contributed by atoms with Crippen LogP contribution in [0, 0.1) is 23.3 Å². The maximum Gasteiger partial charge on any atom is 0.219 e. The van der Waals surface area contributed by atoms with Crippen molar-refractivity contribution in [3.05, 3.63) is 34.9 Å². The van der Waals surface area contributed by atoms with Crippen LogP contribution in [0.15, 0.2) is 6.07 Å². The normalized spacial score (nSPS) is 12.6. The van der Waals surface area contributed by atoms with E-state index in [0.29, 0.717) is 0 Å². The van der Waals surface area contributed by atoms with E-state index in [1.165, 1.54) is 0 Å². The molecule has 16 heavy (non-hydrogen) atoms. The minimum Gasteiger partial charge on any atom is -0.370 e. The van der Waals surface area contributed by atoms with Crippen molar-refractivity contribution in [3.8, 4) is 0 Å². The smallest absolute Gasteiger partial charge is 0.219 e. The predicted octanol–water partition coefficient (Wildman–Crippen LogP) is 1.12. The Morgan fingerprint density at radius 1 is 1.19 bits per heavy atom. The van der Waals surface area contributed by atoms with Crippen LogP contribution in [-0.4, -0.2) is 5.91 Å².